The van der Waals surface area contributed by atoms with Gasteiger partial charge in [0, 0.05) is 22.7 Å². The molecule has 0 spiro atoms. The van der Waals surface area contributed by atoms with Crippen molar-refractivity contribution in [2.75, 3.05) is 7.11 Å². The van der Waals surface area contributed by atoms with Gasteiger partial charge in [0.25, 0.3) is 0 Å². The number of halogens is 2. The molecule has 12 heavy (non-hydrogen) atoms. The summed E-state index contributed by atoms with van der Waals surface area (Å²) in [6, 6.07) is 4.64. The molecule has 0 aliphatic heterocycles. The first-order valence-corrected chi connectivity index (χ1v) is 4.03. The summed E-state index contributed by atoms with van der Waals surface area (Å²) in [5.41, 5.74) is 0.440. The Morgan fingerprint density at radius 1 is 1.25 bits per heavy atom. The van der Waals surface area contributed by atoms with E-state index in [1.54, 1.807) is 6.07 Å². The molecule has 1 atom stereocenters. The highest BCUT2D eigenvalue weighted by Gasteiger charge is 2.08. The molecule has 1 radical (unpaired) electrons. The molecule has 0 saturated heterocycles. The van der Waals surface area contributed by atoms with Crippen LogP contribution in [0, 0.1) is 0 Å². The summed E-state index contributed by atoms with van der Waals surface area (Å²) in [5.74, 6) is 0. The highest BCUT2D eigenvalue weighted by molar-refractivity contribution is 6.34. The fourth-order valence-corrected chi connectivity index (χ4v) is 1.39. The summed E-state index contributed by atoms with van der Waals surface area (Å²) in [6.45, 7) is 0. The highest BCUT2D eigenvalue weighted by Crippen LogP contribution is 2.23. The van der Waals surface area contributed by atoms with Crippen LogP contribution < -0.4 is 0 Å². The highest BCUT2D eigenvalue weighted by atomic mass is 35.5. The van der Waals surface area contributed by atoms with Crippen LogP contribution in [0.4, 0.5) is 0 Å². The van der Waals surface area contributed by atoms with Gasteiger partial charge in [0.2, 0.25) is 6.29 Å². The fourth-order valence-electron chi connectivity index (χ4n) is 0.847. The van der Waals surface area contributed by atoms with E-state index >= 15 is 0 Å². The van der Waals surface area contributed by atoms with Crippen molar-refractivity contribution in [1.29, 1.82) is 0 Å². The van der Waals surface area contributed by atoms with Crippen LogP contribution in [0.1, 0.15) is 11.9 Å². The molecule has 0 amide bonds. The van der Waals surface area contributed by atoms with Crippen LogP contribution in [-0.4, -0.2) is 7.11 Å². The lowest BCUT2D eigenvalue weighted by Gasteiger charge is -2.06. The maximum Gasteiger partial charge on any atom is 0.217 e. The normalized spacial score (nSPS) is 13.0. The van der Waals surface area contributed by atoms with Gasteiger partial charge in [0.15, 0.2) is 0 Å². The van der Waals surface area contributed by atoms with Crippen LogP contribution in [0.15, 0.2) is 18.2 Å². The summed E-state index contributed by atoms with van der Waals surface area (Å²) < 4.78 is 4.57. The van der Waals surface area contributed by atoms with Crippen molar-refractivity contribution >= 4 is 23.2 Å². The molecule has 0 bridgehead atoms. The maximum atomic E-state index is 11.1. The van der Waals surface area contributed by atoms with Crippen molar-refractivity contribution in [1.82, 2.24) is 0 Å². The Kier molecular flexibility index (Phi) is 3.35. The Morgan fingerprint density at radius 3 is 2.17 bits per heavy atom. The van der Waals surface area contributed by atoms with Crippen molar-refractivity contribution < 1.29 is 9.84 Å². The van der Waals surface area contributed by atoms with E-state index in [1.807, 2.05) is 0 Å². The second-order valence-electron chi connectivity index (χ2n) is 2.27. The zero-order valence-electron chi connectivity index (χ0n) is 6.38. The van der Waals surface area contributed by atoms with E-state index in [9.17, 15) is 5.11 Å². The second-order valence-corrected chi connectivity index (χ2v) is 3.14. The summed E-state index contributed by atoms with van der Waals surface area (Å²) in [5, 5.41) is 11.9. The average molecular weight is 206 g/mol. The van der Waals surface area contributed by atoms with Gasteiger partial charge in [-0.25, -0.2) is 0 Å². The molecule has 0 saturated carbocycles. The number of rotatable bonds is 2. The van der Waals surface area contributed by atoms with E-state index in [-0.39, 0.29) is 0 Å². The predicted molar refractivity (Wildman–Crippen MR) is 46.9 cm³/mol. The van der Waals surface area contributed by atoms with Crippen LogP contribution in [0.3, 0.4) is 0 Å². The van der Waals surface area contributed by atoms with Crippen molar-refractivity contribution in [2.24, 2.45) is 0 Å². The second kappa shape index (κ2) is 4.10. The van der Waals surface area contributed by atoms with Crippen molar-refractivity contribution in [3.8, 4) is 0 Å². The molecule has 2 nitrogen and oxygen atoms in total. The van der Waals surface area contributed by atoms with Crippen LogP contribution in [0.2, 0.25) is 10.0 Å². The summed E-state index contributed by atoms with van der Waals surface area (Å²) in [7, 11) is 1.34. The van der Waals surface area contributed by atoms with Crippen LogP contribution in [0.5, 0.6) is 0 Å². The molecule has 1 rings (SSSR count). The zero-order chi connectivity index (χ0) is 9.14. The van der Waals surface area contributed by atoms with E-state index in [1.165, 1.54) is 19.2 Å². The molecule has 1 aromatic rings. The molecule has 65 valence electrons. The topological polar surface area (TPSA) is 29.1 Å². The van der Waals surface area contributed by atoms with E-state index < -0.39 is 6.29 Å². The van der Waals surface area contributed by atoms with Gasteiger partial charge in [-0.2, -0.15) is 5.11 Å². The number of methoxy groups -OCH3 is 1. The van der Waals surface area contributed by atoms with E-state index in [4.69, 9.17) is 23.2 Å². The van der Waals surface area contributed by atoms with Crippen LogP contribution >= 0.6 is 23.2 Å². The Bertz CT molecular complexity index is 256. The largest absolute Gasteiger partial charge is 0.349 e. The van der Waals surface area contributed by atoms with E-state index in [0.29, 0.717) is 15.6 Å². The molecular formula is C8H7Cl2O2. The zero-order valence-corrected chi connectivity index (χ0v) is 7.89. The fraction of sp³-hybridized carbons (Fsp3) is 0.250. The van der Waals surface area contributed by atoms with Crippen LogP contribution in [-0.2, 0) is 9.84 Å². The van der Waals surface area contributed by atoms with Gasteiger partial charge in [-0.05, 0) is 18.2 Å². The molecule has 0 heterocycles. The third-order valence-corrected chi connectivity index (χ3v) is 1.81. The van der Waals surface area contributed by atoms with Gasteiger partial charge in [0.1, 0.15) is 0 Å². The lowest BCUT2D eigenvalue weighted by Crippen LogP contribution is -1.97. The number of hydrogen-bond donors (Lipinski definition) is 0. The molecule has 0 aliphatic rings. The monoisotopic (exact) mass is 205 g/mol. The Labute approximate surface area is 80.7 Å². The first kappa shape index (κ1) is 9.81. The van der Waals surface area contributed by atoms with Gasteiger partial charge < -0.3 is 4.74 Å². The Morgan fingerprint density at radius 2 is 1.75 bits per heavy atom. The molecule has 0 fully saturated rings. The van der Waals surface area contributed by atoms with Gasteiger partial charge in [0.05, 0.1) is 0 Å². The van der Waals surface area contributed by atoms with Crippen molar-refractivity contribution in [3.63, 3.8) is 0 Å². The lowest BCUT2D eigenvalue weighted by molar-refractivity contribution is -0.123. The van der Waals surface area contributed by atoms with Crippen molar-refractivity contribution in [2.45, 2.75) is 6.29 Å². The SMILES string of the molecule is COC([O])c1cc(Cl)cc(Cl)c1. The molecule has 1 aromatic carbocycles. The van der Waals surface area contributed by atoms with Gasteiger partial charge in [-0.1, -0.05) is 23.2 Å². The number of ether oxygens (including phenoxy) is 1. The molecule has 4 heteroatoms. The maximum absolute atomic E-state index is 11.1. The summed E-state index contributed by atoms with van der Waals surface area (Å²) in [6.07, 6.45) is -1.22. The quantitative estimate of drug-likeness (QED) is 0.683. The third-order valence-electron chi connectivity index (χ3n) is 1.37. The minimum atomic E-state index is -1.22. The first-order chi connectivity index (χ1) is 5.63. The number of hydrogen-bond acceptors (Lipinski definition) is 1. The van der Waals surface area contributed by atoms with Gasteiger partial charge in [-0.3, -0.25) is 0 Å². The predicted octanol–water partition coefficient (Wildman–Crippen LogP) is 3.07. The summed E-state index contributed by atoms with van der Waals surface area (Å²) >= 11 is 11.3. The third kappa shape index (κ3) is 2.35. The standard InChI is InChI=1S/C8H7Cl2O2/c1-12-8(11)5-2-6(9)4-7(10)3-5/h2-4,8H,1H3. The Hall–Kier alpha value is -0.280. The molecule has 0 aliphatic carbocycles. The van der Waals surface area contributed by atoms with Crippen molar-refractivity contribution in [3.05, 3.63) is 33.8 Å². The molecule has 0 N–H and O–H groups in total. The minimum absolute atomic E-state index is 0.440. The smallest absolute Gasteiger partial charge is 0.217 e. The average Bonchev–Trinajstić information content (AvgIpc) is 2.01. The summed E-state index contributed by atoms with van der Waals surface area (Å²) in [4.78, 5) is 0. The minimum Gasteiger partial charge on any atom is -0.349 e. The Balaban J connectivity index is 3.00. The first-order valence-electron chi connectivity index (χ1n) is 3.28. The number of benzene rings is 1. The van der Waals surface area contributed by atoms with Crippen LogP contribution in [0.25, 0.3) is 0 Å². The molecule has 0 aromatic heterocycles. The lowest BCUT2D eigenvalue weighted by atomic mass is 10.2. The van der Waals surface area contributed by atoms with E-state index in [2.05, 4.69) is 4.74 Å². The van der Waals surface area contributed by atoms with Gasteiger partial charge >= 0.3 is 0 Å². The molecule has 1 unspecified atom stereocenters. The van der Waals surface area contributed by atoms with Gasteiger partial charge in [-0.15, -0.1) is 0 Å². The molecular weight excluding hydrogens is 199 g/mol. The van der Waals surface area contributed by atoms with E-state index in [0.717, 1.165) is 0 Å².